The highest BCUT2D eigenvalue weighted by Crippen LogP contribution is 2.15. The maximum Gasteiger partial charge on any atom is 0.238 e. The fraction of sp³-hybridized carbons (Fsp3) is 0.455. The third kappa shape index (κ3) is 3.30. The van der Waals surface area contributed by atoms with Crippen LogP contribution in [0.25, 0.3) is 0 Å². The smallest absolute Gasteiger partial charge is 0.238 e. The summed E-state index contributed by atoms with van der Waals surface area (Å²) in [5.74, 6) is 0. The molecule has 0 saturated heterocycles. The molecular weight excluding hydrogens is 224 g/mol. The van der Waals surface area contributed by atoms with E-state index in [1.807, 2.05) is 19.9 Å². The van der Waals surface area contributed by atoms with E-state index in [0.29, 0.717) is 6.54 Å². The highest BCUT2D eigenvalue weighted by Gasteiger charge is 2.10. The molecule has 0 aliphatic heterocycles. The summed E-state index contributed by atoms with van der Waals surface area (Å²) in [6, 6.07) is 5.03. The zero-order valence-corrected chi connectivity index (χ0v) is 10.5. The van der Waals surface area contributed by atoms with Crippen LogP contribution in [0.15, 0.2) is 23.1 Å². The van der Waals surface area contributed by atoms with E-state index in [-0.39, 0.29) is 4.90 Å². The maximum absolute atomic E-state index is 11.2. The molecule has 0 bridgehead atoms. The largest absolute Gasteiger partial charge is 0.313 e. The standard InChI is InChI=1S/C11H18N2O2S/c1-3-9-5-6-11(16(12,14)15)7-10(9)8-13-4-2/h5-7,13H,3-4,8H2,1-2H3,(H2,12,14,15). The first-order valence-electron chi connectivity index (χ1n) is 5.34. The van der Waals surface area contributed by atoms with Crippen LogP contribution in [0.3, 0.4) is 0 Å². The molecule has 0 fully saturated rings. The summed E-state index contributed by atoms with van der Waals surface area (Å²) in [5.41, 5.74) is 2.14. The Morgan fingerprint density at radius 3 is 2.44 bits per heavy atom. The van der Waals surface area contributed by atoms with Crippen LogP contribution in [-0.2, 0) is 23.0 Å². The van der Waals surface area contributed by atoms with Crippen molar-refractivity contribution < 1.29 is 8.42 Å². The van der Waals surface area contributed by atoms with Crippen LogP contribution in [0, 0.1) is 0 Å². The van der Waals surface area contributed by atoms with Gasteiger partial charge in [-0.1, -0.05) is 19.9 Å². The second kappa shape index (κ2) is 5.43. The van der Waals surface area contributed by atoms with Crippen LogP contribution in [-0.4, -0.2) is 15.0 Å². The minimum absolute atomic E-state index is 0.178. The fourth-order valence-electron chi connectivity index (χ4n) is 1.55. The lowest BCUT2D eigenvalue weighted by Crippen LogP contribution is -2.16. The fourth-order valence-corrected chi connectivity index (χ4v) is 2.11. The Bertz CT molecular complexity index is 455. The Labute approximate surface area is 96.9 Å². The van der Waals surface area contributed by atoms with Crippen molar-refractivity contribution in [1.82, 2.24) is 5.32 Å². The molecule has 0 heterocycles. The molecule has 0 aliphatic rings. The van der Waals surface area contributed by atoms with Gasteiger partial charge in [0.2, 0.25) is 10.0 Å². The average Bonchev–Trinajstić information content (AvgIpc) is 2.24. The van der Waals surface area contributed by atoms with Crippen molar-refractivity contribution in [3.63, 3.8) is 0 Å². The molecule has 1 rings (SSSR count). The molecule has 3 N–H and O–H groups in total. The van der Waals surface area contributed by atoms with Gasteiger partial charge in [0.15, 0.2) is 0 Å². The molecule has 90 valence electrons. The van der Waals surface area contributed by atoms with Crippen molar-refractivity contribution >= 4 is 10.0 Å². The number of primary sulfonamides is 1. The first-order valence-corrected chi connectivity index (χ1v) is 6.89. The molecule has 0 unspecified atom stereocenters. The number of hydrogen-bond donors (Lipinski definition) is 2. The lowest BCUT2D eigenvalue weighted by molar-refractivity contribution is 0.597. The highest BCUT2D eigenvalue weighted by atomic mass is 32.2. The minimum Gasteiger partial charge on any atom is -0.313 e. The molecule has 0 aromatic heterocycles. The molecule has 0 aliphatic carbocycles. The van der Waals surface area contributed by atoms with E-state index in [0.717, 1.165) is 24.1 Å². The number of hydrogen-bond acceptors (Lipinski definition) is 3. The highest BCUT2D eigenvalue weighted by molar-refractivity contribution is 7.89. The number of nitrogens with one attached hydrogen (secondary N) is 1. The second-order valence-corrected chi connectivity index (χ2v) is 5.17. The monoisotopic (exact) mass is 242 g/mol. The Balaban J connectivity index is 3.11. The molecule has 1 aromatic carbocycles. The third-order valence-electron chi connectivity index (χ3n) is 2.45. The number of nitrogens with two attached hydrogens (primary N) is 1. The molecule has 0 atom stereocenters. The summed E-state index contributed by atoms with van der Waals surface area (Å²) in [4.78, 5) is 0.178. The maximum atomic E-state index is 11.2. The van der Waals surface area contributed by atoms with E-state index in [1.54, 1.807) is 12.1 Å². The first-order chi connectivity index (χ1) is 7.49. The van der Waals surface area contributed by atoms with Gasteiger partial charge in [-0.3, -0.25) is 0 Å². The molecule has 0 saturated carbocycles. The molecule has 0 radical (unpaired) electrons. The lowest BCUT2D eigenvalue weighted by Gasteiger charge is -2.10. The van der Waals surface area contributed by atoms with E-state index >= 15 is 0 Å². The van der Waals surface area contributed by atoms with Crippen LogP contribution in [0.4, 0.5) is 0 Å². The number of aryl methyl sites for hydroxylation is 1. The summed E-state index contributed by atoms with van der Waals surface area (Å²) in [7, 11) is -3.60. The first kappa shape index (κ1) is 13.2. The minimum atomic E-state index is -3.60. The topological polar surface area (TPSA) is 72.2 Å². The quantitative estimate of drug-likeness (QED) is 0.809. The molecule has 0 spiro atoms. The van der Waals surface area contributed by atoms with Gasteiger partial charge in [-0.05, 0) is 36.2 Å². The summed E-state index contributed by atoms with van der Waals surface area (Å²) in [6.07, 6.45) is 0.881. The zero-order valence-electron chi connectivity index (χ0n) is 9.66. The van der Waals surface area contributed by atoms with Crippen molar-refractivity contribution in [2.45, 2.75) is 31.7 Å². The normalized spacial score (nSPS) is 11.7. The SMILES string of the molecule is CCNCc1cc(S(N)(=O)=O)ccc1CC. The zero-order chi connectivity index (χ0) is 12.2. The lowest BCUT2D eigenvalue weighted by atomic mass is 10.1. The van der Waals surface area contributed by atoms with Crippen molar-refractivity contribution in [1.29, 1.82) is 0 Å². The van der Waals surface area contributed by atoms with Crippen LogP contribution < -0.4 is 10.5 Å². The average molecular weight is 242 g/mol. The summed E-state index contributed by atoms with van der Waals surface area (Å²) < 4.78 is 22.4. The predicted octanol–water partition coefficient (Wildman–Crippen LogP) is 1.01. The Morgan fingerprint density at radius 1 is 1.25 bits per heavy atom. The van der Waals surface area contributed by atoms with E-state index in [2.05, 4.69) is 5.32 Å². The molecule has 1 aromatic rings. The predicted molar refractivity (Wildman–Crippen MR) is 64.6 cm³/mol. The van der Waals surface area contributed by atoms with E-state index in [1.165, 1.54) is 0 Å². The molecule has 0 amide bonds. The van der Waals surface area contributed by atoms with Gasteiger partial charge in [-0.25, -0.2) is 13.6 Å². The van der Waals surface area contributed by atoms with E-state index in [9.17, 15) is 8.42 Å². The van der Waals surface area contributed by atoms with Gasteiger partial charge < -0.3 is 5.32 Å². The van der Waals surface area contributed by atoms with Crippen molar-refractivity contribution in [2.24, 2.45) is 5.14 Å². The Hall–Kier alpha value is -0.910. The number of benzene rings is 1. The second-order valence-electron chi connectivity index (χ2n) is 3.61. The van der Waals surface area contributed by atoms with Gasteiger partial charge in [-0.2, -0.15) is 0 Å². The van der Waals surface area contributed by atoms with Crippen molar-refractivity contribution in [2.75, 3.05) is 6.54 Å². The number of rotatable bonds is 5. The van der Waals surface area contributed by atoms with Crippen molar-refractivity contribution in [3.8, 4) is 0 Å². The van der Waals surface area contributed by atoms with E-state index < -0.39 is 10.0 Å². The van der Waals surface area contributed by atoms with Gasteiger partial charge in [-0.15, -0.1) is 0 Å². The summed E-state index contributed by atoms with van der Waals surface area (Å²) in [5, 5.41) is 8.28. The molecule has 5 heteroatoms. The van der Waals surface area contributed by atoms with Gasteiger partial charge in [0.05, 0.1) is 4.90 Å². The summed E-state index contributed by atoms with van der Waals surface area (Å²) in [6.45, 7) is 5.57. The summed E-state index contributed by atoms with van der Waals surface area (Å²) >= 11 is 0. The molecule has 16 heavy (non-hydrogen) atoms. The Morgan fingerprint density at radius 2 is 1.94 bits per heavy atom. The molecule has 4 nitrogen and oxygen atoms in total. The van der Waals surface area contributed by atoms with Gasteiger partial charge in [0, 0.05) is 6.54 Å². The van der Waals surface area contributed by atoms with Gasteiger partial charge in [0.1, 0.15) is 0 Å². The van der Waals surface area contributed by atoms with Crippen molar-refractivity contribution in [3.05, 3.63) is 29.3 Å². The van der Waals surface area contributed by atoms with Gasteiger partial charge in [0.25, 0.3) is 0 Å². The number of sulfonamides is 1. The molecular formula is C11H18N2O2S. The van der Waals surface area contributed by atoms with Crippen LogP contribution in [0.5, 0.6) is 0 Å². The van der Waals surface area contributed by atoms with Gasteiger partial charge >= 0.3 is 0 Å². The van der Waals surface area contributed by atoms with Crippen LogP contribution in [0.1, 0.15) is 25.0 Å². The van der Waals surface area contributed by atoms with Crippen LogP contribution in [0.2, 0.25) is 0 Å². The van der Waals surface area contributed by atoms with Crippen LogP contribution >= 0.6 is 0 Å². The third-order valence-corrected chi connectivity index (χ3v) is 3.36. The Kier molecular flexibility index (Phi) is 4.46. The van der Waals surface area contributed by atoms with E-state index in [4.69, 9.17) is 5.14 Å².